The first kappa shape index (κ1) is 9.45. The first-order valence-electron chi connectivity index (χ1n) is 4.49. The first-order valence-corrected chi connectivity index (χ1v) is 4.49. The highest BCUT2D eigenvalue weighted by atomic mass is 16.2. The molecule has 0 fully saturated rings. The molecule has 6 nitrogen and oxygen atoms in total. The number of nitrogens with one attached hydrogen (secondary N) is 1. The average Bonchev–Trinajstić information content (AvgIpc) is 2.84. The van der Waals surface area contributed by atoms with Crippen LogP contribution in [0.25, 0.3) is 0 Å². The van der Waals surface area contributed by atoms with E-state index in [2.05, 4.69) is 15.4 Å². The molecule has 0 saturated carbocycles. The van der Waals surface area contributed by atoms with Crippen LogP contribution in [0.4, 0.5) is 4.79 Å². The van der Waals surface area contributed by atoms with E-state index >= 15 is 0 Å². The summed E-state index contributed by atoms with van der Waals surface area (Å²) in [4.78, 5) is 15.3. The maximum absolute atomic E-state index is 11.5. The van der Waals surface area contributed by atoms with Crippen LogP contribution in [0.15, 0.2) is 31.1 Å². The lowest BCUT2D eigenvalue weighted by atomic mass is 10.4. The molecular formula is C9H11N5O. The SMILES string of the molecule is Cn1cc(CNC(=O)n2ccnc2)cn1. The van der Waals surface area contributed by atoms with E-state index in [9.17, 15) is 4.79 Å². The molecule has 6 heteroatoms. The van der Waals surface area contributed by atoms with Gasteiger partial charge in [0.1, 0.15) is 6.33 Å². The Morgan fingerprint density at radius 2 is 2.47 bits per heavy atom. The van der Waals surface area contributed by atoms with E-state index < -0.39 is 0 Å². The van der Waals surface area contributed by atoms with Crippen molar-refractivity contribution in [3.8, 4) is 0 Å². The zero-order chi connectivity index (χ0) is 10.7. The van der Waals surface area contributed by atoms with Crippen LogP contribution in [0.1, 0.15) is 5.56 Å². The van der Waals surface area contributed by atoms with Crippen LogP contribution in [0.2, 0.25) is 0 Å². The minimum Gasteiger partial charge on any atom is -0.333 e. The highest BCUT2D eigenvalue weighted by Crippen LogP contribution is 1.95. The van der Waals surface area contributed by atoms with E-state index in [1.54, 1.807) is 23.3 Å². The van der Waals surface area contributed by atoms with Gasteiger partial charge in [0.2, 0.25) is 0 Å². The fourth-order valence-electron chi connectivity index (χ4n) is 1.21. The van der Waals surface area contributed by atoms with E-state index in [0.717, 1.165) is 5.56 Å². The van der Waals surface area contributed by atoms with Gasteiger partial charge in [0, 0.05) is 37.7 Å². The highest BCUT2D eigenvalue weighted by Gasteiger charge is 2.03. The molecule has 0 atom stereocenters. The molecule has 0 radical (unpaired) electrons. The number of hydrogen-bond acceptors (Lipinski definition) is 3. The summed E-state index contributed by atoms with van der Waals surface area (Å²) in [6.07, 6.45) is 8.18. The zero-order valence-electron chi connectivity index (χ0n) is 8.29. The Bertz CT molecular complexity index is 445. The van der Waals surface area contributed by atoms with E-state index in [0.29, 0.717) is 6.54 Å². The molecule has 0 aromatic carbocycles. The van der Waals surface area contributed by atoms with E-state index in [1.165, 1.54) is 10.9 Å². The van der Waals surface area contributed by atoms with Gasteiger partial charge in [0.15, 0.2) is 0 Å². The molecule has 0 unspecified atom stereocenters. The Hall–Kier alpha value is -2.11. The summed E-state index contributed by atoms with van der Waals surface area (Å²) in [5.74, 6) is 0. The molecule has 0 saturated heterocycles. The highest BCUT2D eigenvalue weighted by molar-refractivity contribution is 5.76. The average molecular weight is 205 g/mol. The van der Waals surface area contributed by atoms with Gasteiger partial charge in [0.05, 0.1) is 6.20 Å². The van der Waals surface area contributed by atoms with Crippen LogP contribution >= 0.6 is 0 Å². The molecule has 0 spiro atoms. The van der Waals surface area contributed by atoms with E-state index in [-0.39, 0.29) is 6.03 Å². The van der Waals surface area contributed by atoms with Gasteiger partial charge in [0.25, 0.3) is 0 Å². The summed E-state index contributed by atoms with van der Waals surface area (Å²) in [6, 6.07) is -0.198. The predicted octanol–water partition coefficient (Wildman–Crippen LogP) is 0.374. The van der Waals surface area contributed by atoms with Crippen molar-refractivity contribution in [1.82, 2.24) is 24.6 Å². The number of aromatic nitrogens is 4. The van der Waals surface area contributed by atoms with Gasteiger partial charge in [-0.15, -0.1) is 0 Å². The predicted molar refractivity (Wildman–Crippen MR) is 53.1 cm³/mol. The third kappa shape index (κ3) is 2.22. The number of rotatable bonds is 2. The molecule has 0 bridgehead atoms. The quantitative estimate of drug-likeness (QED) is 0.770. The summed E-state index contributed by atoms with van der Waals surface area (Å²) < 4.78 is 3.08. The lowest BCUT2D eigenvalue weighted by Crippen LogP contribution is -2.26. The Balaban J connectivity index is 1.91. The number of imidazole rings is 1. The Morgan fingerprint density at radius 3 is 3.07 bits per heavy atom. The van der Waals surface area contributed by atoms with Crippen molar-refractivity contribution in [1.29, 1.82) is 0 Å². The summed E-state index contributed by atoms with van der Waals surface area (Å²) in [6.45, 7) is 0.463. The van der Waals surface area contributed by atoms with E-state index in [4.69, 9.17) is 0 Å². The molecular weight excluding hydrogens is 194 g/mol. The number of amides is 1. The van der Waals surface area contributed by atoms with Crippen LogP contribution in [-0.2, 0) is 13.6 Å². The molecule has 15 heavy (non-hydrogen) atoms. The Labute approximate surface area is 86.5 Å². The smallest absolute Gasteiger partial charge is 0.327 e. The van der Waals surface area contributed by atoms with Gasteiger partial charge in [-0.05, 0) is 0 Å². The molecule has 0 aliphatic heterocycles. The minimum absolute atomic E-state index is 0.198. The lowest BCUT2D eigenvalue weighted by Gasteiger charge is -2.02. The van der Waals surface area contributed by atoms with Crippen molar-refractivity contribution < 1.29 is 4.79 Å². The fraction of sp³-hybridized carbons (Fsp3) is 0.222. The number of carbonyl (C=O) groups excluding carboxylic acids is 1. The first-order chi connectivity index (χ1) is 7.25. The van der Waals surface area contributed by atoms with Crippen molar-refractivity contribution in [2.45, 2.75) is 6.54 Å². The van der Waals surface area contributed by atoms with Crippen LogP contribution in [-0.4, -0.2) is 25.4 Å². The normalized spacial score (nSPS) is 10.2. The second kappa shape index (κ2) is 3.95. The van der Waals surface area contributed by atoms with Crippen molar-refractivity contribution in [2.24, 2.45) is 7.05 Å². The van der Waals surface area contributed by atoms with Crippen LogP contribution < -0.4 is 5.32 Å². The summed E-state index contributed by atoms with van der Waals surface area (Å²) in [7, 11) is 1.83. The second-order valence-corrected chi connectivity index (χ2v) is 3.15. The molecule has 0 aliphatic carbocycles. The number of aryl methyl sites for hydroxylation is 1. The van der Waals surface area contributed by atoms with Crippen molar-refractivity contribution in [2.75, 3.05) is 0 Å². The Morgan fingerprint density at radius 1 is 1.60 bits per heavy atom. The fourth-order valence-corrected chi connectivity index (χ4v) is 1.21. The van der Waals surface area contributed by atoms with Gasteiger partial charge in [-0.3, -0.25) is 9.25 Å². The third-order valence-corrected chi connectivity index (χ3v) is 1.94. The molecule has 78 valence electrons. The number of nitrogens with zero attached hydrogens (tertiary/aromatic N) is 4. The van der Waals surface area contributed by atoms with Gasteiger partial charge in [-0.2, -0.15) is 5.10 Å². The van der Waals surface area contributed by atoms with Gasteiger partial charge in [-0.25, -0.2) is 9.78 Å². The maximum atomic E-state index is 11.5. The lowest BCUT2D eigenvalue weighted by molar-refractivity contribution is 0.242. The molecule has 2 rings (SSSR count). The monoisotopic (exact) mass is 205 g/mol. The van der Waals surface area contributed by atoms with Crippen LogP contribution in [0, 0.1) is 0 Å². The molecule has 2 heterocycles. The second-order valence-electron chi connectivity index (χ2n) is 3.15. The van der Waals surface area contributed by atoms with Gasteiger partial charge < -0.3 is 5.32 Å². The molecule has 2 aromatic rings. The largest absolute Gasteiger partial charge is 0.333 e. The van der Waals surface area contributed by atoms with Gasteiger partial charge >= 0.3 is 6.03 Å². The minimum atomic E-state index is -0.198. The van der Waals surface area contributed by atoms with E-state index in [1.807, 2.05) is 13.2 Å². The third-order valence-electron chi connectivity index (χ3n) is 1.94. The Kier molecular flexibility index (Phi) is 2.49. The molecule has 1 amide bonds. The molecule has 0 aliphatic rings. The van der Waals surface area contributed by atoms with Crippen molar-refractivity contribution >= 4 is 6.03 Å². The molecule has 1 N–H and O–H groups in total. The summed E-state index contributed by atoms with van der Waals surface area (Å²) >= 11 is 0. The maximum Gasteiger partial charge on any atom is 0.327 e. The zero-order valence-corrected chi connectivity index (χ0v) is 8.29. The number of carbonyl (C=O) groups is 1. The van der Waals surface area contributed by atoms with Crippen molar-refractivity contribution in [3.05, 3.63) is 36.7 Å². The summed E-state index contributed by atoms with van der Waals surface area (Å²) in [5, 5.41) is 6.75. The van der Waals surface area contributed by atoms with Crippen LogP contribution in [0.3, 0.4) is 0 Å². The molecule has 2 aromatic heterocycles. The van der Waals surface area contributed by atoms with Gasteiger partial charge in [-0.1, -0.05) is 0 Å². The number of hydrogen-bond donors (Lipinski definition) is 1. The van der Waals surface area contributed by atoms with Crippen molar-refractivity contribution in [3.63, 3.8) is 0 Å². The summed E-state index contributed by atoms with van der Waals surface area (Å²) in [5.41, 5.74) is 0.964. The van der Waals surface area contributed by atoms with Crippen LogP contribution in [0.5, 0.6) is 0 Å². The standard InChI is InChI=1S/C9H11N5O/c1-13-6-8(5-12-13)4-11-9(15)14-3-2-10-7-14/h2-3,5-7H,4H2,1H3,(H,11,15). The topological polar surface area (TPSA) is 64.7 Å².